The van der Waals surface area contributed by atoms with Crippen LogP contribution in [-0.2, 0) is 4.79 Å². The van der Waals surface area contributed by atoms with Crippen LogP contribution in [0.4, 0.5) is 11.4 Å². The molecule has 0 saturated carbocycles. The third-order valence-corrected chi connectivity index (χ3v) is 5.57. The van der Waals surface area contributed by atoms with E-state index in [1.54, 1.807) is 0 Å². The number of ether oxygens (including phenoxy) is 1. The number of nitro benzene ring substituents is 1. The predicted octanol–water partition coefficient (Wildman–Crippen LogP) is 2.93. The molecular weight excluding hydrogens is 400 g/mol. The number of nitrogens with zero attached hydrogens (tertiary/aromatic N) is 5. The normalized spacial score (nSPS) is 15.2. The Bertz CT molecular complexity index is 1120. The van der Waals surface area contributed by atoms with Gasteiger partial charge in [-0.3, -0.25) is 19.8 Å². The molecule has 2 aromatic carbocycles. The molecule has 2 heterocycles. The van der Waals surface area contributed by atoms with Crippen molar-refractivity contribution in [3.63, 3.8) is 0 Å². The molecule has 1 aromatic heterocycles. The summed E-state index contributed by atoms with van der Waals surface area (Å²) >= 11 is 0. The van der Waals surface area contributed by atoms with Crippen molar-refractivity contribution in [2.24, 2.45) is 0 Å². The van der Waals surface area contributed by atoms with Gasteiger partial charge in [0.25, 0.3) is 5.69 Å². The average Bonchev–Trinajstić information content (AvgIpc) is 3.17. The number of aromatic nitrogens is 3. The lowest BCUT2D eigenvalue weighted by atomic mass is 10.0. The number of rotatable bonds is 6. The topological polar surface area (TPSA) is 115 Å². The van der Waals surface area contributed by atoms with Gasteiger partial charge < -0.3 is 10.1 Å². The third kappa shape index (κ3) is 4.48. The van der Waals surface area contributed by atoms with E-state index in [2.05, 4.69) is 32.7 Å². The molecule has 10 nitrogen and oxygen atoms in total. The minimum atomic E-state index is -0.502. The second-order valence-corrected chi connectivity index (χ2v) is 7.72. The Hall–Kier alpha value is -3.53. The third-order valence-electron chi connectivity index (χ3n) is 5.57. The zero-order valence-electron chi connectivity index (χ0n) is 17.4. The summed E-state index contributed by atoms with van der Waals surface area (Å²) in [5.41, 5.74) is 3.42. The monoisotopic (exact) mass is 424 g/mol. The summed E-state index contributed by atoms with van der Waals surface area (Å²) in [5.74, 6) is 0.0711. The molecule has 1 aliphatic heterocycles. The lowest BCUT2D eigenvalue weighted by molar-refractivity contribution is -0.384. The second kappa shape index (κ2) is 8.68. The van der Waals surface area contributed by atoms with Crippen LogP contribution in [0.5, 0.6) is 5.75 Å². The van der Waals surface area contributed by atoms with Crippen molar-refractivity contribution in [1.82, 2.24) is 19.9 Å². The lowest BCUT2D eigenvalue weighted by Gasteiger charge is -2.31. The summed E-state index contributed by atoms with van der Waals surface area (Å²) in [4.78, 5) is 25.0. The predicted molar refractivity (Wildman–Crippen MR) is 115 cm³/mol. The first-order chi connectivity index (χ1) is 14.9. The summed E-state index contributed by atoms with van der Waals surface area (Å²) < 4.78 is 7.17. The highest BCUT2D eigenvalue weighted by Gasteiger charge is 2.24. The van der Waals surface area contributed by atoms with E-state index < -0.39 is 4.92 Å². The van der Waals surface area contributed by atoms with Gasteiger partial charge in [0, 0.05) is 19.2 Å². The maximum atomic E-state index is 12.5. The zero-order chi connectivity index (χ0) is 22.0. The molecule has 1 aliphatic rings. The number of hydrogen-bond acceptors (Lipinski definition) is 7. The Balaban J connectivity index is 1.34. The Morgan fingerprint density at radius 3 is 2.74 bits per heavy atom. The number of non-ortho nitro benzene ring substituents is 1. The van der Waals surface area contributed by atoms with Crippen LogP contribution in [-0.4, -0.2) is 57.5 Å². The minimum absolute atomic E-state index is 0.0901. The zero-order valence-corrected chi connectivity index (χ0v) is 17.4. The van der Waals surface area contributed by atoms with Gasteiger partial charge >= 0.3 is 0 Å². The van der Waals surface area contributed by atoms with Crippen LogP contribution in [0, 0.1) is 17.0 Å². The molecule has 0 radical (unpaired) electrons. The van der Waals surface area contributed by atoms with Gasteiger partial charge in [0.2, 0.25) is 5.91 Å². The van der Waals surface area contributed by atoms with Gasteiger partial charge in [-0.15, -0.1) is 5.10 Å². The number of likely N-dealkylation sites (tertiary alicyclic amines) is 1. The van der Waals surface area contributed by atoms with Crippen LogP contribution in [0.15, 0.2) is 36.4 Å². The number of carbonyl (C=O) groups excluding carboxylic acids is 1. The lowest BCUT2D eigenvalue weighted by Crippen LogP contribution is -2.39. The molecular formula is C21H24N6O4. The number of aryl methyl sites for hydroxylation is 1. The Morgan fingerprint density at radius 1 is 1.26 bits per heavy atom. The number of carbonyl (C=O) groups is 1. The van der Waals surface area contributed by atoms with Gasteiger partial charge in [-0.2, -0.15) is 0 Å². The summed E-state index contributed by atoms with van der Waals surface area (Å²) in [5, 5.41) is 22.3. The summed E-state index contributed by atoms with van der Waals surface area (Å²) in [7, 11) is 1.41. The summed E-state index contributed by atoms with van der Waals surface area (Å²) in [6, 6.07) is 10.5. The number of anilines is 1. The second-order valence-electron chi connectivity index (χ2n) is 7.72. The summed E-state index contributed by atoms with van der Waals surface area (Å²) in [6.07, 6.45) is 1.75. The van der Waals surface area contributed by atoms with Crippen LogP contribution in [0.2, 0.25) is 0 Å². The van der Waals surface area contributed by atoms with Crippen LogP contribution < -0.4 is 10.1 Å². The van der Waals surface area contributed by atoms with Crippen molar-refractivity contribution in [1.29, 1.82) is 0 Å². The maximum Gasteiger partial charge on any atom is 0.273 e. The molecule has 0 spiro atoms. The quantitative estimate of drug-likeness (QED) is 0.478. The van der Waals surface area contributed by atoms with E-state index in [1.165, 1.54) is 25.3 Å². The number of benzene rings is 2. The first-order valence-corrected chi connectivity index (χ1v) is 10.1. The van der Waals surface area contributed by atoms with E-state index in [9.17, 15) is 14.9 Å². The fraction of sp³-hybridized carbons (Fsp3) is 0.381. The highest BCUT2D eigenvalue weighted by molar-refractivity contribution is 5.94. The molecule has 3 aromatic rings. The maximum absolute atomic E-state index is 12.5. The van der Waals surface area contributed by atoms with Gasteiger partial charge in [0.15, 0.2) is 0 Å². The number of nitro groups is 1. The molecule has 0 unspecified atom stereocenters. The number of hydrogen-bond donors (Lipinski definition) is 1. The SMILES string of the molecule is COc1cc([N+](=O)[O-])ccc1NC(=O)CN1CCC(n2nnc3cc(C)ccc32)CC1. The van der Waals surface area contributed by atoms with Gasteiger partial charge in [0.05, 0.1) is 41.9 Å². The van der Waals surface area contributed by atoms with E-state index in [0.717, 1.165) is 42.5 Å². The van der Waals surface area contributed by atoms with Crippen LogP contribution in [0.1, 0.15) is 24.4 Å². The van der Waals surface area contributed by atoms with Crippen LogP contribution in [0.25, 0.3) is 11.0 Å². The molecule has 0 aliphatic carbocycles. The highest BCUT2D eigenvalue weighted by Crippen LogP contribution is 2.29. The van der Waals surface area contributed by atoms with Gasteiger partial charge in [0.1, 0.15) is 11.3 Å². The number of methoxy groups -OCH3 is 1. The van der Waals surface area contributed by atoms with Crippen molar-refractivity contribution >= 4 is 28.3 Å². The van der Waals surface area contributed by atoms with Crippen molar-refractivity contribution in [3.8, 4) is 5.75 Å². The van der Waals surface area contributed by atoms with Gasteiger partial charge in [-0.1, -0.05) is 11.3 Å². The van der Waals surface area contributed by atoms with E-state index in [1.807, 2.05) is 17.7 Å². The highest BCUT2D eigenvalue weighted by atomic mass is 16.6. The molecule has 1 amide bonds. The molecule has 0 atom stereocenters. The van der Waals surface area contributed by atoms with Crippen molar-refractivity contribution in [2.45, 2.75) is 25.8 Å². The van der Waals surface area contributed by atoms with Gasteiger partial charge in [-0.05, 0) is 43.5 Å². The first-order valence-electron chi connectivity index (χ1n) is 10.1. The van der Waals surface area contributed by atoms with E-state index in [-0.39, 0.29) is 29.9 Å². The number of fused-ring (bicyclic) bond motifs is 1. The van der Waals surface area contributed by atoms with E-state index in [4.69, 9.17) is 4.74 Å². The average molecular weight is 424 g/mol. The fourth-order valence-corrected chi connectivity index (χ4v) is 3.93. The number of piperidine rings is 1. The largest absolute Gasteiger partial charge is 0.494 e. The summed E-state index contributed by atoms with van der Waals surface area (Å²) in [6.45, 7) is 3.81. The van der Waals surface area contributed by atoms with Crippen LogP contribution in [0.3, 0.4) is 0 Å². The van der Waals surface area contributed by atoms with Gasteiger partial charge in [-0.25, -0.2) is 4.68 Å². The molecule has 0 bridgehead atoms. The number of nitrogens with one attached hydrogen (secondary N) is 1. The standard InChI is InChI=1S/C21H24N6O4/c1-14-3-6-19-18(11-14)23-24-26(19)15-7-9-25(10-8-15)13-21(28)22-17-5-4-16(27(29)30)12-20(17)31-2/h3-6,11-12,15H,7-10,13H2,1-2H3,(H,22,28). The van der Waals surface area contributed by atoms with E-state index >= 15 is 0 Å². The first kappa shape index (κ1) is 20.7. The molecule has 1 N–H and O–H groups in total. The van der Waals surface area contributed by atoms with Crippen molar-refractivity contribution < 1.29 is 14.5 Å². The van der Waals surface area contributed by atoms with Crippen molar-refractivity contribution in [2.75, 3.05) is 32.1 Å². The molecule has 10 heteroatoms. The van der Waals surface area contributed by atoms with Crippen LogP contribution >= 0.6 is 0 Å². The molecule has 1 fully saturated rings. The molecule has 31 heavy (non-hydrogen) atoms. The van der Waals surface area contributed by atoms with Crippen molar-refractivity contribution in [3.05, 3.63) is 52.1 Å². The fourth-order valence-electron chi connectivity index (χ4n) is 3.93. The molecule has 162 valence electrons. The number of amides is 1. The Morgan fingerprint density at radius 2 is 2.03 bits per heavy atom. The molecule has 4 rings (SSSR count). The van der Waals surface area contributed by atoms with E-state index in [0.29, 0.717) is 5.69 Å². The smallest absolute Gasteiger partial charge is 0.273 e. The minimum Gasteiger partial charge on any atom is -0.494 e. The molecule has 1 saturated heterocycles. The Labute approximate surface area is 178 Å². The Kier molecular flexibility index (Phi) is 5.81.